The standard InChI is InChI=1S/C21H16N2O/c1-3-7-16(8-4-1)15-20-22-23-21(24-20)19-13-11-18(12-14-19)17-9-5-2-6-10-17/h1-14H,15H2. The van der Waals surface area contributed by atoms with E-state index in [-0.39, 0.29) is 0 Å². The van der Waals surface area contributed by atoms with Crippen molar-refractivity contribution in [3.05, 3.63) is 96.4 Å². The Morgan fingerprint density at radius 3 is 1.88 bits per heavy atom. The lowest BCUT2D eigenvalue weighted by molar-refractivity contribution is 0.518. The highest BCUT2D eigenvalue weighted by molar-refractivity contribution is 5.67. The lowest BCUT2D eigenvalue weighted by Gasteiger charge is -2.02. The Bertz CT molecular complexity index is 913. The molecule has 0 N–H and O–H groups in total. The molecular weight excluding hydrogens is 296 g/mol. The van der Waals surface area contributed by atoms with Crippen LogP contribution in [0.15, 0.2) is 89.3 Å². The van der Waals surface area contributed by atoms with E-state index in [1.165, 1.54) is 11.1 Å². The Morgan fingerprint density at radius 2 is 1.17 bits per heavy atom. The molecule has 3 aromatic carbocycles. The molecule has 3 nitrogen and oxygen atoms in total. The molecule has 1 heterocycles. The molecule has 0 aliphatic heterocycles. The van der Waals surface area contributed by atoms with Crippen molar-refractivity contribution in [1.82, 2.24) is 10.2 Å². The van der Waals surface area contributed by atoms with Crippen LogP contribution in [0.1, 0.15) is 11.5 Å². The van der Waals surface area contributed by atoms with Crippen molar-refractivity contribution in [2.45, 2.75) is 6.42 Å². The average molecular weight is 312 g/mol. The van der Waals surface area contributed by atoms with E-state index >= 15 is 0 Å². The third kappa shape index (κ3) is 3.10. The Labute approximate surface area is 140 Å². The first-order valence-corrected chi connectivity index (χ1v) is 7.91. The molecule has 0 aliphatic carbocycles. The van der Waals surface area contributed by atoms with Gasteiger partial charge in [0.25, 0.3) is 0 Å². The maximum Gasteiger partial charge on any atom is 0.247 e. The van der Waals surface area contributed by atoms with Crippen LogP contribution in [0.2, 0.25) is 0 Å². The molecule has 4 aromatic rings. The monoisotopic (exact) mass is 312 g/mol. The zero-order chi connectivity index (χ0) is 16.2. The molecule has 0 bridgehead atoms. The summed E-state index contributed by atoms with van der Waals surface area (Å²) in [7, 11) is 0. The summed E-state index contributed by atoms with van der Waals surface area (Å²) < 4.78 is 5.80. The van der Waals surface area contributed by atoms with Crippen molar-refractivity contribution in [3.8, 4) is 22.6 Å². The average Bonchev–Trinajstić information content (AvgIpc) is 3.12. The lowest BCUT2D eigenvalue weighted by atomic mass is 10.0. The van der Waals surface area contributed by atoms with Gasteiger partial charge in [0.05, 0.1) is 6.42 Å². The largest absolute Gasteiger partial charge is 0.420 e. The zero-order valence-electron chi connectivity index (χ0n) is 13.1. The van der Waals surface area contributed by atoms with Crippen molar-refractivity contribution >= 4 is 0 Å². The van der Waals surface area contributed by atoms with Crippen LogP contribution >= 0.6 is 0 Å². The van der Waals surface area contributed by atoms with Gasteiger partial charge >= 0.3 is 0 Å². The van der Waals surface area contributed by atoms with E-state index in [1.807, 2.05) is 48.5 Å². The normalized spacial score (nSPS) is 10.7. The summed E-state index contributed by atoms with van der Waals surface area (Å²) in [4.78, 5) is 0. The van der Waals surface area contributed by atoms with E-state index < -0.39 is 0 Å². The second-order valence-electron chi connectivity index (χ2n) is 5.61. The fourth-order valence-corrected chi connectivity index (χ4v) is 2.65. The van der Waals surface area contributed by atoms with Gasteiger partial charge in [0.2, 0.25) is 11.8 Å². The second-order valence-corrected chi connectivity index (χ2v) is 5.61. The van der Waals surface area contributed by atoms with Crippen molar-refractivity contribution in [1.29, 1.82) is 0 Å². The van der Waals surface area contributed by atoms with Crippen LogP contribution in [0, 0.1) is 0 Å². The van der Waals surface area contributed by atoms with Crippen molar-refractivity contribution in [2.24, 2.45) is 0 Å². The highest BCUT2D eigenvalue weighted by Crippen LogP contribution is 2.24. The quantitative estimate of drug-likeness (QED) is 0.532. The molecule has 0 fully saturated rings. The summed E-state index contributed by atoms with van der Waals surface area (Å²) in [5.41, 5.74) is 4.45. The minimum atomic E-state index is 0.556. The second kappa shape index (κ2) is 6.50. The van der Waals surface area contributed by atoms with Crippen LogP contribution in [0.5, 0.6) is 0 Å². The molecule has 0 atom stereocenters. The first-order chi connectivity index (χ1) is 11.9. The van der Waals surface area contributed by atoms with Gasteiger partial charge in [-0.2, -0.15) is 0 Å². The SMILES string of the molecule is c1ccc(Cc2nnc(-c3ccc(-c4ccccc4)cc3)o2)cc1. The van der Waals surface area contributed by atoms with Gasteiger partial charge in [-0.05, 0) is 28.8 Å². The van der Waals surface area contributed by atoms with Crippen LogP contribution in [0.25, 0.3) is 22.6 Å². The van der Waals surface area contributed by atoms with E-state index in [4.69, 9.17) is 4.42 Å². The fourth-order valence-electron chi connectivity index (χ4n) is 2.65. The van der Waals surface area contributed by atoms with E-state index in [1.54, 1.807) is 0 Å². The zero-order valence-corrected chi connectivity index (χ0v) is 13.1. The number of hydrogen-bond donors (Lipinski definition) is 0. The van der Waals surface area contributed by atoms with Gasteiger partial charge in [-0.3, -0.25) is 0 Å². The predicted molar refractivity (Wildman–Crippen MR) is 94.4 cm³/mol. The molecule has 0 unspecified atom stereocenters. The van der Waals surface area contributed by atoms with E-state index in [0.717, 1.165) is 11.1 Å². The van der Waals surface area contributed by atoms with Gasteiger partial charge in [0.15, 0.2) is 0 Å². The molecule has 0 amide bonds. The van der Waals surface area contributed by atoms with Crippen LogP contribution in [-0.4, -0.2) is 10.2 Å². The van der Waals surface area contributed by atoms with Crippen molar-refractivity contribution < 1.29 is 4.42 Å². The third-order valence-corrected chi connectivity index (χ3v) is 3.90. The molecule has 116 valence electrons. The summed E-state index contributed by atoms with van der Waals surface area (Å²) in [6.45, 7) is 0. The van der Waals surface area contributed by atoms with Crippen molar-refractivity contribution in [3.63, 3.8) is 0 Å². The molecule has 0 saturated carbocycles. The molecule has 0 spiro atoms. The lowest BCUT2D eigenvalue weighted by Crippen LogP contribution is -1.87. The number of hydrogen-bond acceptors (Lipinski definition) is 3. The van der Waals surface area contributed by atoms with E-state index in [9.17, 15) is 0 Å². The maximum absolute atomic E-state index is 5.80. The molecule has 4 rings (SSSR count). The molecule has 3 heteroatoms. The molecular formula is C21H16N2O. The third-order valence-electron chi connectivity index (χ3n) is 3.90. The smallest absolute Gasteiger partial charge is 0.247 e. The van der Waals surface area contributed by atoms with E-state index in [2.05, 4.69) is 46.6 Å². The van der Waals surface area contributed by atoms with Gasteiger partial charge in [0.1, 0.15) is 0 Å². The summed E-state index contributed by atoms with van der Waals surface area (Å²) >= 11 is 0. The Hall–Kier alpha value is -3.20. The summed E-state index contributed by atoms with van der Waals surface area (Å²) in [5.74, 6) is 1.18. The predicted octanol–water partition coefficient (Wildman–Crippen LogP) is 4.99. The fraction of sp³-hybridized carbons (Fsp3) is 0.0476. The van der Waals surface area contributed by atoms with Gasteiger partial charge in [-0.1, -0.05) is 72.8 Å². The summed E-state index contributed by atoms with van der Waals surface area (Å²) in [6, 6.07) is 28.6. The number of nitrogens with zero attached hydrogens (tertiary/aromatic N) is 2. The Morgan fingerprint density at radius 1 is 0.583 bits per heavy atom. The van der Waals surface area contributed by atoms with Crippen LogP contribution in [0.4, 0.5) is 0 Å². The summed E-state index contributed by atoms with van der Waals surface area (Å²) in [5, 5.41) is 8.32. The maximum atomic E-state index is 5.80. The number of aromatic nitrogens is 2. The molecule has 24 heavy (non-hydrogen) atoms. The van der Waals surface area contributed by atoms with Gasteiger partial charge < -0.3 is 4.42 Å². The number of rotatable bonds is 4. The minimum Gasteiger partial charge on any atom is -0.420 e. The van der Waals surface area contributed by atoms with Crippen LogP contribution < -0.4 is 0 Å². The summed E-state index contributed by atoms with van der Waals surface area (Å²) in [6.07, 6.45) is 0.649. The first kappa shape index (κ1) is 14.4. The Kier molecular flexibility index (Phi) is 3.90. The van der Waals surface area contributed by atoms with Crippen LogP contribution in [-0.2, 0) is 6.42 Å². The highest BCUT2D eigenvalue weighted by atomic mass is 16.4. The van der Waals surface area contributed by atoms with Crippen LogP contribution in [0.3, 0.4) is 0 Å². The molecule has 0 aliphatic rings. The molecule has 0 saturated heterocycles. The van der Waals surface area contributed by atoms with Gasteiger partial charge in [-0.15, -0.1) is 10.2 Å². The van der Waals surface area contributed by atoms with Gasteiger partial charge in [0, 0.05) is 5.56 Å². The number of benzene rings is 3. The first-order valence-electron chi connectivity index (χ1n) is 7.91. The minimum absolute atomic E-state index is 0.556. The molecule has 1 aromatic heterocycles. The molecule has 0 radical (unpaired) electrons. The highest BCUT2D eigenvalue weighted by Gasteiger charge is 2.09. The van der Waals surface area contributed by atoms with Gasteiger partial charge in [-0.25, -0.2) is 0 Å². The van der Waals surface area contributed by atoms with E-state index in [0.29, 0.717) is 18.2 Å². The Balaban J connectivity index is 1.54. The van der Waals surface area contributed by atoms with Crippen molar-refractivity contribution in [2.75, 3.05) is 0 Å². The topological polar surface area (TPSA) is 38.9 Å².